The van der Waals surface area contributed by atoms with Gasteiger partial charge in [0.15, 0.2) is 8.32 Å². The van der Waals surface area contributed by atoms with Crippen LogP contribution in [0.1, 0.15) is 34.6 Å². The van der Waals surface area contributed by atoms with Gasteiger partial charge < -0.3 is 4.43 Å². The smallest absolute Gasteiger partial charge is 0.197 e. The maximum Gasteiger partial charge on any atom is 0.197 e. The summed E-state index contributed by atoms with van der Waals surface area (Å²) >= 11 is 0. The predicted molar refractivity (Wildman–Crippen MR) is 53.4 cm³/mol. The van der Waals surface area contributed by atoms with Crippen LogP contribution in [0.4, 0.5) is 0 Å². The van der Waals surface area contributed by atoms with E-state index in [0.717, 1.165) is 11.1 Å². The Morgan fingerprint density at radius 2 is 1.45 bits per heavy atom. The van der Waals surface area contributed by atoms with E-state index in [1.165, 1.54) is 6.04 Å². The van der Waals surface area contributed by atoms with Gasteiger partial charge in [0.1, 0.15) is 0 Å². The van der Waals surface area contributed by atoms with Gasteiger partial charge in [-0.2, -0.15) is 0 Å². The van der Waals surface area contributed by atoms with Gasteiger partial charge in [0.2, 0.25) is 0 Å². The fourth-order valence-electron chi connectivity index (χ4n) is 2.10. The highest BCUT2D eigenvalue weighted by molar-refractivity contribution is 6.76. The van der Waals surface area contributed by atoms with Crippen LogP contribution in [0.25, 0.3) is 0 Å². The second-order valence-corrected chi connectivity index (χ2v) is 9.16. The molecule has 1 nitrogen and oxygen atoms in total. The van der Waals surface area contributed by atoms with Crippen LogP contribution in [-0.2, 0) is 4.43 Å². The molecule has 0 heterocycles. The summed E-state index contributed by atoms with van der Waals surface area (Å²) in [7, 11) is 0.486. The van der Waals surface area contributed by atoms with E-state index in [2.05, 4.69) is 34.6 Å². The van der Waals surface area contributed by atoms with Crippen LogP contribution < -0.4 is 0 Å². The second kappa shape index (κ2) is 4.26. The van der Waals surface area contributed by atoms with Gasteiger partial charge in [-0.05, 0) is 17.1 Å². The Bertz CT molecular complexity index is 96.1. The Morgan fingerprint density at radius 3 is 1.45 bits per heavy atom. The molecule has 0 N–H and O–H groups in total. The van der Waals surface area contributed by atoms with Gasteiger partial charge in [0.25, 0.3) is 0 Å². The molecule has 0 fully saturated rings. The van der Waals surface area contributed by atoms with Crippen LogP contribution in [-0.4, -0.2) is 15.4 Å². The summed E-state index contributed by atoms with van der Waals surface area (Å²) < 4.78 is 5.75. The van der Waals surface area contributed by atoms with Crippen LogP contribution in [0.5, 0.6) is 0 Å². The molecule has 0 aliphatic carbocycles. The molecule has 68 valence electrons. The number of hydrogen-bond acceptors (Lipinski definition) is 1. The summed E-state index contributed by atoms with van der Waals surface area (Å²) in [5.41, 5.74) is 1.47. The van der Waals surface area contributed by atoms with E-state index >= 15 is 0 Å². The van der Waals surface area contributed by atoms with Gasteiger partial charge in [0.05, 0.1) is 0 Å². The summed E-state index contributed by atoms with van der Waals surface area (Å²) in [5.74, 6) is 0. The maximum absolute atomic E-state index is 5.75. The van der Waals surface area contributed by atoms with Crippen LogP contribution in [0.2, 0.25) is 17.1 Å². The molecular formula is C9H22OSi. The fraction of sp³-hybridized carbons (Fsp3) is 1.00. The molecule has 0 radical (unpaired) electrons. The lowest BCUT2D eigenvalue weighted by atomic mass is 10.5. The van der Waals surface area contributed by atoms with Crippen LogP contribution in [0.3, 0.4) is 0 Å². The molecule has 0 aromatic carbocycles. The lowest BCUT2D eigenvalue weighted by Crippen LogP contribution is -2.42. The average Bonchev–Trinajstić information content (AvgIpc) is 1.90. The lowest BCUT2D eigenvalue weighted by molar-refractivity contribution is 0.371. The first-order valence-electron chi connectivity index (χ1n) is 4.56. The van der Waals surface area contributed by atoms with Crippen molar-refractivity contribution in [2.75, 3.05) is 7.11 Å². The quantitative estimate of drug-likeness (QED) is 0.593. The minimum Gasteiger partial charge on any atom is -0.419 e. The largest absolute Gasteiger partial charge is 0.419 e. The Balaban J connectivity index is 4.46. The van der Waals surface area contributed by atoms with Crippen LogP contribution >= 0.6 is 0 Å². The van der Waals surface area contributed by atoms with Gasteiger partial charge in [0, 0.05) is 7.11 Å². The highest BCUT2D eigenvalue weighted by Crippen LogP contribution is 2.35. The van der Waals surface area contributed by atoms with E-state index in [-0.39, 0.29) is 0 Å². The topological polar surface area (TPSA) is 9.23 Å². The number of rotatable bonds is 4. The molecular weight excluding hydrogens is 152 g/mol. The first kappa shape index (κ1) is 11.2. The Morgan fingerprint density at radius 1 is 1.09 bits per heavy atom. The van der Waals surface area contributed by atoms with Crippen molar-refractivity contribution in [3.05, 3.63) is 0 Å². The van der Waals surface area contributed by atoms with Crippen molar-refractivity contribution >= 4 is 8.32 Å². The molecule has 0 unspecified atom stereocenters. The van der Waals surface area contributed by atoms with Crippen molar-refractivity contribution in [3.63, 3.8) is 0 Å². The van der Waals surface area contributed by atoms with Gasteiger partial charge in [-0.3, -0.25) is 0 Å². The van der Waals surface area contributed by atoms with E-state index in [1.54, 1.807) is 0 Å². The predicted octanol–water partition coefficient (Wildman–Crippen LogP) is 3.42. The molecule has 0 aliphatic rings. The normalized spacial score (nSPS) is 13.1. The van der Waals surface area contributed by atoms with E-state index in [1.807, 2.05) is 7.11 Å². The van der Waals surface area contributed by atoms with Crippen molar-refractivity contribution in [1.82, 2.24) is 0 Å². The Hall–Kier alpha value is 0.177. The second-order valence-electron chi connectivity index (χ2n) is 3.82. The lowest BCUT2D eigenvalue weighted by Gasteiger charge is -2.36. The van der Waals surface area contributed by atoms with E-state index in [0.29, 0.717) is 0 Å². The molecule has 2 heteroatoms. The van der Waals surface area contributed by atoms with Crippen molar-refractivity contribution in [2.24, 2.45) is 0 Å². The van der Waals surface area contributed by atoms with Gasteiger partial charge in [-0.25, -0.2) is 0 Å². The molecule has 0 aromatic heterocycles. The molecule has 0 aliphatic heterocycles. The van der Waals surface area contributed by atoms with Gasteiger partial charge >= 0.3 is 0 Å². The van der Waals surface area contributed by atoms with Gasteiger partial charge in [-0.1, -0.05) is 34.6 Å². The summed E-state index contributed by atoms with van der Waals surface area (Å²) in [6, 6.07) is 1.23. The summed E-state index contributed by atoms with van der Waals surface area (Å²) in [5, 5.41) is 0. The molecule has 11 heavy (non-hydrogen) atoms. The Labute approximate surface area is 72.3 Å². The zero-order valence-corrected chi connectivity index (χ0v) is 9.77. The van der Waals surface area contributed by atoms with Crippen molar-refractivity contribution in [3.8, 4) is 0 Å². The Kier molecular flexibility index (Phi) is 4.33. The summed E-state index contributed by atoms with van der Waals surface area (Å²) in [6.45, 7) is 11.4. The molecule has 0 rings (SSSR count). The molecule has 0 aromatic rings. The van der Waals surface area contributed by atoms with Gasteiger partial charge in [-0.15, -0.1) is 0 Å². The molecule has 0 saturated carbocycles. The standard InChI is InChI=1S/C9H22OSi/c1-7-11(10-6,8(2)3)9(4)5/h8-9H,7H2,1-6H3. The molecule has 0 spiro atoms. The SMILES string of the molecule is CC[Si](OC)(C(C)C)C(C)C. The van der Waals surface area contributed by atoms with Crippen LogP contribution in [0, 0.1) is 0 Å². The fourth-order valence-corrected chi connectivity index (χ4v) is 6.30. The molecule has 0 atom stereocenters. The van der Waals surface area contributed by atoms with Crippen molar-refractivity contribution in [1.29, 1.82) is 0 Å². The monoisotopic (exact) mass is 174 g/mol. The molecule has 0 bridgehead atoms. The van der Waals surface area contributed by atoms with E-state index in [4.69, 9.17) is 4.43 Å². The summed E-state index contributed by atoms with van der Waals surface area (Å²) in [4.78, 5) is 0. The minimum absolute atomic E-state index is 0.734. The zero-order chi connectivity index (χ0) is 9.07. The first-order valence-corrected chi connectivity index (χ1v) is 6.83. The first-order chi connectivity index (χ1) is 5.01. The molecule has 0 amide bonds. The minimum atomic E-state index is -1.40. The van der Waals surface area contributed by atoms with E-state index < -0.39 is 8.32 Å². The highest BCUT2D eigenvalue weighted by atomic mass is 28.4. The zero-order valence-electron chi connectivity index (χ0n) is 8.77. The third kappa shape index (κ3) is 2.06. The van der Waals surface area contributed by atoms with Crippen molar-refractivity contribution in [2.45, 2.75) is 51.7 Å². The summed E-state index contributed by atoms with van der Waals surface area (Å²) in [6.07, 6.45) is 0. The van der Waals surface area contributed by atoms with E-state index in [9.17, 15) is 0 Å². The average molecular weight is 174 g/mol. The third-order valence-electron chi connectivity index (χ3n) is 2.89. The molecule has 0 saturated heterocycles. The van der Waals surface area contributed by atoms with Crippen LogP contribution in [0.15, 0.2) is 0 Å². The number of hydrogen-bond donors (Lipinski definition) is 0. The maximum atomic E-state index is 5.75. The third-order valence-corrected chi connectivity index (χ3v) is 8.66. The van der Waals surface area contributed by atoms with Crippen molar-refractivity contribution < 1.29 is 4.43 Å². The highest BCUT2D eigenvalue weighted by Gasteiger charge is 2.38.